The van der Waals surface area contributed by atoms with E-state index in [0.29, 0.717) is 24.2 Å². The summed E-state index contributed by atoms with van der Waals surface area (Å²) in [5.41, 5.74) is 2.07. The quantitative estimate of drug-likeness (QED) is 0.501. The lowest BCUT2D eigenvalue weighted by Gasteiger charge is -2.26. The molecule has 0 radical (unpaired) electrons. The topological polar surface area (TPSA) is 156 Å². The third-order valence-corrected chi connectivity index (χ3v) is 5.39. The second kappa shape index (κ2) is 9.00. The number of aliphatic carboxylic acids is 1. The average molecular weight is 438 g/mol. The van der Waals surface area contributed by atoms with Crippen LogP contribution in [0.1, 0.15) is 43.2 Å². The summed E-state index contributed by atoms with van der Waals surface area (Å²) in [6, 6.07) is 4.90. The third kappa shape index (κ3) is 4.66. The van der Waals surface area contributed by atoms with Crippen LogP contribution in [0.15, 0.2) is 46.4 Å². The van der Waals surface area contributed by atoms with Crippen LogP contribution in [0, 0.1) is 0 Å². The molecule has 4 rings (SSSR count). The van der Waals surface area contributed by atoms with Gasteiger partial charge in [-0.2, -0.15) is 10.1 Å². The summed E-state index contributed by atoms with van der Waals surface area (Å²) in [4.78, 5) is 32.5. The maximum absolute atomic E-state index is 12.4. The van der Waals surface area contributed by atoms with E-state index < -0.39 is 5.97 Å². The molecule has 11 nitrogen and oxygen atoms in total. The Morgan fingerprint density at radius 3 is 2.84 bits per heavy atom. The number of carbonyl (C=O) groups is 2. The fourth-order valence-corrected chi connectivity index (χ4v) is 3.76. The predicted molar refractivity (Wildman–Crippen MR) is 110 cm³/mol. The van der Waals surface area contributed by atoms with Crippen molar-refractivity contribution in [3.63, 3.8) is 0 Å². The van der Waals surface area contributed by atoms with E-state index in [1.165, 1.54) is 12.3 Å². The molecule has 1 aliphatic carbocycles. The Labute approximate surface area is 182 Å². The molecule has 0 aromatic carbocycles. The van der Waals surface area contributed by atoms with Crippen LogP contribution < -0.4 is 5.32 Å². The van der Waals surface area contributed by atoms with Crippen molar-refractivity contribution in [2.45, 2.75) is 38.0 Å². The molecule has 0 aliphatic heterocycles. The van der Waals surface area contributed by atoms with Gasteiger partial charge in [-0.05, 0) is 37.5 Å². The number of rotatable bonds is 7. The molecule has 32 heavy (non-hydrogen) atoms. The van der Waals surface area contributed by atoms with Crippen LogP contribution >= 0.6 is 0 Å². The minimum Gasteiger partial charge on any atom is -0.506 e. The van der Waals surface area contributed by atoms with Gasteiger partial charge in [-0.25, -0.2) is 9.78 Å². The van der Waals surface area contributed by atoms with Crippen molar-refractivity contribution in [3.05, 3.63) is 53.4 Å². The summed E-state index contributed by atoms with van der Waals surface area (Å²) in [5.74, 6) is -0.768. The van der Waals surface area contributed by atoms with Gasteiger partial charge >= 0.3 is 5.97 Å². The van der Waals surface area contributed by atoms with Crippen molar-refractivity contribution < 1.29 is 24.3 Å². The van der Waals surface area contributed by atoms with E-state index in [9.17, 15) is 19.8 Å². The summed E-state index contributed by atoms with van der Waals surface area (Å²) < 4.78 is 6.91. The Bertz CT molecular complexity index is 1160. The molecule has 1 aliphatic rings. The molecule has 3 aromatic rings. The van der Waals surface area contributed by atoms with E-state index in [4.69, 9.17) is 4.52 Å². The normalized spacial score (nSPS) is 16.2. The number of aromatic nitrogens is 5. The van der Waals surface area contributed by atoms with Gasteiger partial charge in [0.15, 0.2) is 0 Å². The molecule has 3 N–H and O–H groups in total. The molecule has 3 heterocycles. The van der Waals surface area contributed by atoms with Gasteiger partial charge in [-0.3, -0.25) is 9.48 Å². The molecular formula is C21H22N6O5. The van der Waals surface area contributed by atoms with E-state index in [-0.39, 0.29) is 47.7 Å². The lowest BCUT2D eigenvalue weighted by molar-refractivity contribution is -0.133. The first kappa shape index (κ1) is 21.2. The second-order valence-electron chi connectivity index (χ2n) is 7.54. The molecule has 0 fully saturated rings. The highest BCUT2D eigenvalue weighted by Gasteiger charge is 2.28. The van der Waals surface area contributed by atoms with E-state index in [1.54, 1.807) is 16.9 Å². The van der Waals surface area contributed by atoms with Gasteiger partial charge in [-0.1, -0.05) is 5.16 Å². The minimum atomic E-state index is -1.03. The number of nitrogens with zero attached hydrogens (tertiary/aromatic N) is 5. The van der Waals surface area contributed by atoms with E-state index in [2.05, 4.69) is 25.5 Å². The van der Waals surface area contributed by atoms with Crippen LogP contribution in [0.4, 0.5) is 0 Å². The van der Waals surface area contributed by atoms with Gasteiger partial charge in [-0.15, -0.1) is 0 Å². The lowest BCUT2D eigenvalue weighted by atomic mass is 9.84. The van der Waals surface area contributed by atoms with Gasteiger partial charge in [0.25, 0.3) is 0 Å². The Morgan fingerprint density at radius 1 is 1.31 bits per heavy atom. The molecule has 1 amide bonds. The van der Waals surface area contributed by atoms with Gasteiger partial charge in [0.2, 0.25) is 17.6 Å². The number of nitrogens with one attached hydrogen (secondary N) is 1. The van der Waals surface area contributed by atoms with E-state index in [0.717, 1.165) is 12.1 Å². The smallest absolute Gasteiger partial charge is 0.333 e. The van der Waals surface area contributed by atoms with Crippen LogP contribution in [0.3, 0.4) is 0 Å². The van der Waals surface area contributed by atoms with Gasteiger partial charge in [0, 0.05) is 43.4 Å². The first-order chi connectivity index (χ1) is 15.4. The molecule has 0 saturated heterocycles. The van der Waals surface area contributed by atoms with Crippen molar-refractivity contribution >= 4 is 11.9 Å². The number of aromatic hydroxyl groups is 1. The number of amides is 1. The summed E-state index contributed by atoms with van der Waals surface area (Å²) >= 11 is 0. The van der Waals surface area contributed by atoms with Gasteiger partial charge in [0.1, 0.15) is 11.4 Å². The van der Waals surface area contributed by atoms with Crippen molar-refractivity contribution in [3.8, 4) is 17.3 Å². The van der Waals surface area contributed by atoms with Crippen molar-refractivity contribution in [2.75, 3.05) is 0 Å². The average Bonchev–Trinajstić information content (AvgIpc) is 3.42. The van der Waals surface area contributed by atoms with Gasteiger partial charge in [0.05, 0.1) is 11.8 Å². The second-order valence-corrected chi connectivity index (χ2v) is 7.54. The SMILES string of the molecule is Cn1nccc1C1CCC(NC(=O)CCc2nc(-c3ccc(O)cn3)no2)=C(C(=O)O)C1. The summed E-state index contributed by atoms with van der Waals surface area (Å²) in [7, 11) is 1.83. The van der Waals surface area contributed by atoms with E-state index >= 15 is 0 Å². The predicted octanol–water partition coefficient (Wildman–Crippen LogP) is 1.93. The zero-order valence-electron chi connectivity index (χ0n) is 17.4. The minimum absolute atomic E-state index is 0.0264. The molecule has 166 valence electrons. The molecule has 0 saturated carbocycles. The van der Waals surface area contributed by atoms with Crippen molar-refractivity contribution in [1.29, 1.82) is 0 Å². The maximum Gasteiger partial charge on any atom is 0.333 e. The zero-order valence-corrected chi connectivity index (χ0v) is 17.4. The van der Waals surface area contributed by atoms with Crippen LogP contribution in [0.25, 0.3) is 11.5 Å². The summed E-state index contributed by atoms with van der Waals surface area (Å²) in [6.07, 6.45) is 4.74. The summed E-state index contributed by atoms with van der Waals surface area (Å²) in [6.45, 7) is 0. The number of pyridine rings is 1. The number of carboxylic acid groups (broad SMARTS) is 1. The molecule has 0 spiro atoms. The Hall–Kier alpha value is -4.02. The van der Waals surface area contributed by atoms with Crippen LogP contribution in [0.2, 0.25) is 0 Å². The molecule has 11 heteroatoms. The highest BCUT2D eigenvalue weighted by atomic mass is 16.5. The number of hydrogen-bond donors (Lipinski definition) is 3. The largest absolute Gasteiger partial charge is 0.506 e. The van der Waals surface area contributed by atoms with Crippen LogP contribution in [0.5, 0.6) is 5.75 Å². The first-order valence-electron chi connectivity index (χ1n) is 10.1. The lowest BCUT2D eigenvalue weighted by Crippen LogP contribution is -2.29. The summed E-state index contributed by atoms with van der Waals surface area (Å²) in [5, 5.41) is 29.7. The van der Waals surface area contributed by atoms with Crippen molar-refractivity contribution in [2.24, 2.45) is 7.05 Å². The third-order valence-electron chi connectivity index (χ3n) is 5.39. The van der Waals surface area contributed by atoms with Gasteiger partial charge < -0.3 is 20.1 Å². The number of carbonyl (C=O) groups excluding carboxylic acids is 1. The van der Waals surface area contributed by atoms with Crippen LogP contribution in [-0.4, -0.2) is 47.0 Å². The standard InChI is InChI=1S/C21H22N6O5/c1-27-17(8-9-23-27)12-2-4-15(14(10-12)21(30)31)24-18(29)6-7-19-25-20(26-32-19)16-5-3-13(28)11-22-16/h3,5,8-9,11-12,28H,2,4,6-7,10H2,1H3,(H,24,29)(H,30,31). The fourth-order valence-electron chi connectivity index (χ4n) is 3.76. The first-order valence-corrected chi connectivity index (χ1v) is 10.1. The molecule has 1 unspecified atom stereocenters. The Kier molecular flexibility index (Phi) is 5.97. The van der Waals surface area contributed by atoms with Crippen molar-refractivity contribution in [1.82, 2.24) is 30.2 Å². The Morgan fingerprint density at radius 2 is 2.16 bits per heavy atom. The molecule has 0 bridgehead atoms. The molecular weight excluding hydrogens is 416 g/mol. The number of aryl methyl sites for hydroxylation is 2. The molecule has 1 atom stereocenters. The highest BCUT2D eigenvalue weighted by molar-refractivity contribution is 5.89. The maximum atomic E-state index is 12.4. The molecule has 3 aromatic heterocycles. The van der Waals surface area contributed by atoms with E-state index in [1.807, 2.05) is 13.1 Å². The zero-order chi connectivity index (χ0) is 22.7. The number of hydrogen-bond acceptors (Lipinski definition) is 8. The Balaban J connectivity index is 1.37. The van der Waals surface area contributed by atoms with Crippen LogP contribution in [-0.2, 0) is 23.1 Å². The highest BCUT2D eigenvalue weighted by Crippen LogP contribution is 2.35. The fraction of sp³-hybridized carbons (Fsp3) is 0.333. The number of allylic oxidation sites excluding steroid dienone is 1. The number of carboxylic acids is 1. The monoisotopic (exact) mass is 438 g/mol.